The molecule has 0 aliphatic carbocycles. The molecule has 0 unspecified atom stereocenters. The Bertz CT molecular complexity index is 4140. The first-order valence-electron chi connectivity index (χ1n) is 28.3. The summed E-state index contributed by atoms with van der Waals surface area (Å²) in [6, 6.07) is 115. The van der Waals surface area contributed by atoms with Gasteiger partial charge in [0.2, 0.25) is 0 Å². The van der Waals surface area contributed by atoms with Crippen LogP contribution in [-0.4, -0.2) is 9.97 Å². The summed E-state index contributed by atoms with van der Waals surface area (Å²) in [5.74, 6) is 0. The minimum absolute atomic E-state index is 0. The third-order valence-electron chi connectivity index (χ3n) is 15.1. The molecule has 407 valence electrons. The molecule has 2 aromatic heterocycles. The molecule has 0 aliphatic rings. The van der Waals surface area contributed by atoms with Crippen LogP contribution >= 0.6 is 0 Å². The van der Waals surface area contributed by atoms with Crippen molar-refractivity contribution in [3.63, 3.8) is 0 Å². The van der Waals surface area contributed by atoms with Crippen LogP contribution in [0.15, 0.2) is 316 Å². The molecule has 0 saturated heterocycles. The number of para-hydroxylation sites is 2. The van der Waals surface area contributed by atoms with Crippen LogP contribution in [0.3, 0.4) is 0 Å². The van der Waals surface area contributed by atoms with Gasteiger partial charge in [0.25, 0.3) is 0 Å². The number of benzene rings is 11. The first-order valence-corrected chi connectivity index (χ1v) is 28.3. The van der Waals surface area contributed by atoms with E-state index in [1.807, 2.05) is 42.6 Å². The van der Waals surface area contributed by atoms with Crippen molar-refractivity contribution in [2.24, 2.45) is 0 Å². The van der Waals surface area contributed by atoms with Crippen LogP contribution in [0.1, 0.15) is 26.3 Å². The van der Waals surface area contributed by atoms with Gasteiger partial charge in [-0.2, -0.15) is 0 Å². The second-order valence-electron chi connectivity index (χ2n) is 21.5. The van der Waals surface area contributed by atoms with Crippen LogP contribution in [0.4, 0.5) is 17.1 Å². The first kappa shape index (κ1) is 56.0. The Hall–Kier alpha value is -9.83. The third kappa shape index (κ3) is 12.3. The van der Waals surface area contributed by atoms with Crippen LogP contribution < -0.4 is 4.90 Å². The summed E-state index contributed by atoms with van der Waals surface area (Å²) < 4.78 is 0. The van der Waals surface area contributed by atoms with Gasteiger partial charge in [0.05, 0.1) is 0 Å². The molecule has 13 aromatic rings. The second kappa shape index (κ2) is 26.0. The normalized spacial score (nSPS) is 10.9. The molecule has 11 aromatic carbocycles. The van der Waals surface area contributed by atoms with Gasteiger partial charge in [-0.15, -0.1) is 65.2 Å². The van der Waals surface area contributed by atoms with Gasteiger partial charge in [-0.05, 0) is 132 Å². The summed E-state index contributed by atoms with van der Waals surface area (Å²) in [6.45, 7) is 6.61. The van der Waals surface area contributed by atoms with Crippen LogP contribution in [0.25, 0.3) is 100 Å². The van der Waals surface area contributed by atoms with E-state index < -0.39 is 0 Å². The Labute approximate surface area is 508 Å². The molecular formula is C80H61IrN3-2. The van der Waals surface area contributed by atoms with Crippen molar-refractivity contribution in [2.45, 2.75) is 26.2 Å². The van der Waals surface area contributed by atoms with Gasteiger partial charge in [-0.3, -0.25) is 0 Å². The van der Waals surface area contributed by atoms with Gasteiger partial charge in [0.15, 0.2) is 0 Å². The van der Waals surface area contributed by atoms with Crippen molar-refractivity contribution in [1.29, 1.82) is 0 Å². The molecule has 0 aliphatic heterocycles. The van der Waals surface area contributed by atoms with E-state index in [0.717, 1.165) is 84.1 Å². The van der Waals surface area contributed by atoms with E-state index in [1.54, 1.807) is 6.20 Å². The average Bonchev–Trinajstić information content (AvgIpc) is 0.927. The Morgan fingerprint density at radius 1 is 0.274 bits per heavy atom. The van der Waals surface area contributed by atoms with Gasteiger partial charge in [0, 0.05) is 49.6 Å². The molecule has 0 spiro atoms. The minimum Gasteiger partial charge on any atom is -0.311 e. The Morgan fingerprint density at radius 2 is 0.571 bits per heavy atom. The molecule has 0 amide bonds. The maximum absolute atomic E-state index is 4.55. The maximum Gasteiger partial charge on any atom is 0.0462 e. The van der Waals surface area contributed by atoms with Crippen molar-refractivity contribution in [1.82, 2.24) is 9.97 Å². The maximum atomic E-state index is 4.55. The SMILES string of the molecule is CC(C)(C)c1c[c-]c(-c2ccccn2)cc1.[Ir].[c-]1cc(-c2ccc(-c3c(-c4ccccc4)c(-c4ccccc4)c(-c4ccccc4)c(-c4ccccc4)c3-c3ccc(N(c4ccccc4)c4ccccc4)cc3)cc2)ccc1-c1ccccn1. The second-order valence-corrected chi connectivity index (χ2v) is 21.5. The fourth-order valence-corrected chi connectivity index (χ4v) is 11.0. The fraction of sp³-hybridized carbons (Fsp3) is 0.0500. The van der Waals surface area contributed by atoms with E-state index in [4.69, 9.17) is 0 Å². The number of pyridine rings is 2. The topological polar surface area (TPSA) is 29.0 Å². The summed E-state index contributed by atoms with van der Waals surface area (Å²) in [4.78, 5) is 11.2. The van der Waals surface area contributed by atoms with E-state index in [-0.39, 0.29) is 25.5 Å². The molecule has 0 saturated carbocycles. The predicted molar refractivity (Wildman–Crippen MR) is 348 cm³/mol. The summed E-state index contributed by atoms with van der Waals surface area (Å²) in [6.07, 6.45) is 3.63. The molecule has 0 bridgehead atoms. The third-order valence-corrected chi connectivity index (χ3v) is 15.1. The zero-order valence-corrected chi connectivity index (χ0v) is 49.6. The van der Waals surface area contributed by atoms with E-state index >= 15 is 0 Å². The number of hydrogen-bond acceptors (Lipinski definition) is 3. The van der Waals surface area contributed by atoms with Crippen molar-refractivity contribution in [3.8, 4) is 100 Å². The number of rotatable bonds is 12. The predicted octanol–water partition coefficient (Wildman–Crippen LogP) is 21.5. The molecule has 2 heterocycles. The summed E-state index contributed by atoms with van der Waals surface area (Å²) in [5.41, 5.74) is 24.8. The molecule has 13 rings (SSSR count). The minimum atomic E-state index is 0. The zero-order chi connectivity index (χ0) is 56.4. The standard InChI is InChI=1S/C65H45N2.C15H16N.Ir/c1-7-21-50(22-8-1)60-61(51-23-9-2-10-24-51)63(53-27-13-4-14-28-53)65(55-42-44-58(45-43-55)67(56-29-15-5-16-30-56)57-31-17-6-18-32-57)64(62(60)52-25-11-3-12-26-52)54-40-36-48(37-41-54)47-34-38-49(39-35-47)59-33-19-20-46-66-59;1-15(2,3)13-9-7-12(8-10-13)14-6-4-5-11-16-14;/h1-38,40-46H;4-7,9-11H,1-3H3;/q2*-1;. The molecule has 0 fully saturated rings. The average molecular weight is 1260 g/mol. The van der Waals surface area contributed by atoms with Crippen molar-refractivity contribution in [3.05, 3.63) is 333 Å². The van der Waals surface area contributed by atoms with Crippen molar-refractivity contribution >= 4 is 17.1 Å². The Morgan fingerprint density at radius 3 is 0.893 bits per heavy atom. The van der Waals surface area contributed by atoms with Crippen LogP contribution in [-0.2, 0) is 25.5 Å². The quantitative estimate of drug-likeness (QED) is 0.114. The molecule has 1 radical (unpaired) electrons. The Balaban J connectivity index is 0.000000374. The van der Waals surface area contributed by atoms with Gasteiger partial charge in [-0.1, -0.05) is 250 Å². The van der Waals surface area contributed by atoms with Crippen molar-refractivity contribution in [2.75, 3.05) is 4.90 Å². The van der Waals surface area contributed by atoms with E-state index in [0.29, 0.717) is 0 Å². The fourth-order valence-electron chi connectivity index (χ4n) is 11.0. The van der Waals surface area contributed by atoms with E-state index in [1.165, 1.54) is 38.9 Å². The summed E-state index contributed by atoms with van der Waals surface area (Å²) in [7, 11) is 0. The van der Waals surface area contributed by atoms with Crippen LogP contribution in [0.5, 0.6) is 0 Å². The van der Waals surface area contributed by atoms with E-state index in [9.17, 15) is 0 Å². The van der Waals surface area contributed by atoms with Crippen LogP contribution in [0, 0.1) is 12.1 Å². The van der Waals surface area contributed by atoms with Crippen LogP contribution in [0.2, 0.25) is 0 Å². The van der Waals surface area contributed by atoms with Gasteiger partial charge in [0.1, 0.15) is 0 Å². The molecule has 3 nitrogen and oxygen atoms in total. The first-order chi connectivity index (χ1) is 40.9. The smallest absolute Gasteiger partial charge is 0.0462 e. The number of aromatic nitrogens is 2. The number of hydrogen-bond donors (Lipinski definition) is 0. The Kier molecular flexibility index (Phi) is 17.3. The molecule has 4 heteroatoms. The van der Waals surface area contributed by atoms with Gasteiger partial charge >= 0.3 is 0 Å². The molecule has 0 N–H and O–H groups in total. The monoisotopic (exact) mass is 1260 g/mol. The van der Waals surface area contributed by atoms with Gasteiger partial charge < -0.3 is 14.9 Å². The zero-order valence-electron chi connectivity index (χ0n) is 47.2. The van der Waals surface area contributed by atoms with Crippen molar-refractivity contribution < 1.29 is 20.1 Å². The van der Waals surface area contributed by atoms with E-state index in [2.05, 4.69) is 315 Å². The van der Waals surface area contributed by atoms with Gasteiger partial charge in [-0.25, -0.2) is 0 Å². The number of nitrogens with zero attached hydrogens (tertiary/aromatic N) is 3. The molecule has 0 atom stereocenters. The summed E-state index contributed by atoms with van der Waals surface area (Å²) >= 11 is 0. The number of anilines is 3. The largest absolute Gasteiger partial charge is 0.311 e. The summed E-state index contributed by atoms with van der Waals surface area (Å²) in [5, 5.41) is 0. The molecule has 84 heavy (non-hydrogen) atoms. The molecular weight excluding hydrogens is 1200 g/mol.